The van der Waals surface area contributed by atoms with E-state index < -0.39 is 0 Å². The molecular formula is C18H19N3O2. The third kappa shape index (κ3) is 4.16. The summed E-state index contributed by atoms with van der Waals surface area (Å²) in [4.78, 5) is 1.88. The maximum absolute atomic E-state index is 9.08. The third-order valence-electron chi connectivity index (χ3n) is 3.56. The monoisotopic (exact) mass is 309 g/mol. The summed E-state index contributed by atoms with van der Waals surface area (Å²) in [6.07, 6.45) is 0. The van der Waals surface area contributed by atoms with Crippen LogP contribution in [0.5, 0.6) is 0 Å². The first-order valence-corrected chi connectivity index (χ1v) is 7.35. The second kappa shape index (κ2) is 8.08. The summed E-state index contributed by atoms with van der Waals surface area (Å²) in [5.41, 5.74) is 3.37. The highest BCUT2D eigenvalue weighted by atomic mass is 16.3. The molecule has 5 heteroatoms. The number of aliphatic hydroxyl groups excluding tert-OH is 2. The molecule has 0 aliphatic rings. The zero-order valence-electron chi connectivity index (χ0n) is 12.7. The summed E-state index contributed by atoms with van der Waals surface area (Å²) < 4.78 is 0. The van der Waals surface area contributed by atoms with E-state index in [9.17, 15) is 0 Å². The molecule has 118 valence electrons. The molecule has 2 aromatic rings. The van der Waals surface area contributed by atoms with Crippen molar-refractivity contribution in [1.29, 1.82) is 10.7 Å². The minimum atomic E-state index is 0.0167. The summed E-state index contributed by atoms with van der Waals surface area (Å²) in [6, 6.07) is 16.4. The molecule has 0 fully saturated rings. The smallest absolute Gasteiger partial charge is 0.0991 e. The Kier molecular flexibility index (Phi) is 5.87. The van der Waals surface area contributed by atoms with Crippen molar-refractivity contribution in [2.45, 2.75) is 0 Å². The maximum atomic E-state index is 9.08. The molecule has 0 unspecified atom stereocenters. The van der Waals surface area contributed by atoms with Crippen molar-refractivity contribution in [3.8, 4) is 6.07 Å². The van der Waals surface area contributed by atoms with Gasteiger partial charge in [0.15, 0.2) is 0 Å². The molecule has 0 heterocycles. The Balaban J connectivity index is 2.17. The summed E-state index contributed by atoms with van der Waals surface area (Å²) >= 11 is 0. The first-order chi connectivity index (χ1) is 11.2. The fourth-order valence-corrected chi connectivity index (χ4v) is 2.33. The van der Waals surface area contributed by atoms with E-state index in [4.69, 9.17) is 20.9 Å². The van der Waals surface area contributed by atoms with Gasteiger partial charge in [0.05, 0.1) is 30.6 Å². The van der Waals surface area contributed by atoms with Gasteiger partial charge in [-0.2, -0.15) is 5.26 Å². The third-order valence-corrected chi connectivity index (χ3v) is 3.56. The number of rotatable bonds is 7. The SMILES string of the molecule is N#Cc1ccc(C(=N)c2ccc(N(CCO)CCO)cc2)cc1. The van der Waals surface area contributed by atoms with E-state index in [1.54, 1.807) is 24.3 Å². The van der Waals surface area contributed by atoms with Crippen LogP contribution in [-0.4, -0.2) is 42.2 Å². The van der Waals surface area contributed by atoms with Crippen LogP contribution in [0.4, 0.5) is 5.69 Å². The highest BCUT2D eigenvalue weighted by Crippen LogP contribution is 2.17. The van der Waals surface area contributed by atoms with Crippen LogP contribution in [0.1, 0.15) is 16.7 Å². The Bertz CT molecular complexity index is 682. The van der Waals surface area contributed by atoms with E-state index in [0.717, 1.165) is 16.8 Å². The second-order valence-corrected chi connectivity index (χ2v) is 5.05. The van der Waals surface area contributed by atoms with E-state index in [1.165, 1.54) is 0 Å². The van der Waals surface area contributed by atoms with Crippen molar-refractivity contribution in [1.82, 2.24) is 0 Å². The van der Waals surface area contributed by atoms with Gasteiger partial charge in [0.1, 0.15) is 0 Å². The molecule has 5 nitrogen and oxygen atoms in total. The molecule has 0 saturated heterocycles. The van der Waals surface area contributed by atoms with Crippen LogP contribution in [-0.2, 0) is 0 Å². The van der Waals surface area contributed by atoms with Gasteiger partial charge in [-0.25, -0.2) is 0 Å². The zero-order valence-corrected chi connectivity index (χ0v) is 12.7. The Morgan fingerprint density at radius 2 is 1.39 bits per heavy atom. The summed E-state index contributed by atoms with van der Waals surface area (Å²) in [5, 5.41) is 35.2. The molecule has 0 atom stereocenters. The summed E-state index contributed by atoms with van der Waals surface area (Å²) in [6.45, 7) is 0.936. The molecule has 2 aromatic carbocycles. The van der Waals surface area contributed by atoms with E-state index in [0.29, 0.717) is 24.4 Å². The lowest BCUT2D eigenvalue weighted by Crippen LogP contribution is -2.29. The standard InChI is InChI=1S/C18H19N3O2/c19-13-14-1-3-15(4-2-14)18(20)16-5-7-17(8-6-16)21(9-11-22)10-12-23/h1-8,20,22-23H,9-12H2. The zero-order chi connectivity index (χ0) is 16.7. The van der Waals surface area contributed by atoms with Crippen molar-refractivity contribution in [3.63, 3.8) is 0 Å². The van der Waals surface area contributed by atoms with Gasteiger partial charge in [0, 0.05) is 29.9 Å². The molecule has 0 aromatic heterocycles. The molecule has 3 N–H and O–H groups in total. The predicted molar refractivity (Wildman–Crippen MR) is 89.9 cm³/mol. The number of hydrogen-bond acceptors (Lipinski definition) is 5. The molecule has 0 spiro atoms. The van der Waals surface area contributed by atoms with Crippen molar-refractivity contribution in [2.24, 2.45) is 0 Å². The average molecular weight is 309 g/mol. The van der Waals surface area contributed by atoms with Crippen molar-refractivity contribution in [2.75, 3.05) is 31.2 Å². The first-order valence-electron chi connectivity index (χ1n) is 7.35. The lowest BCUT2D eigenvalue weighted by molar-refractivity contribution is 0.281. The van der Waals surface area contributed by atoms with Gasteiger partial charge < -0.3 is 15.1 Å². The van der Waals surface area contributed by atoms with Crippen LogP contribution in [0, 0.1) is 16.7 Å². The summed E-state index contributed by atoms with van der Waals surface area (Å²) in [7, 11) is 0. The Morgan fingerprint density at radius 3 is 1.83 bits per heavy atom. The van der Waals surface area contributed by atoms with Gasteiger partial charge in [0.25, 0.3) is 0 Å². The van der Waals surface area contributed by atoms with E-state index in [2.05, 4.69) is 6.07 Å². The normalized spacial score (nSPS) is 10.1. The van der Waals surface area contributed by atoms with E-state index in [-0.39, 0.29) is 13.2 Å². The van der Waals surface area contributed by atoms with Crippen LogP contribution in [0.15, 0.2) is 48.5 Å². The number of hydrogen-bond donors (Lipinski definition) is 3. The molecule has 0 aliphatic carbocycles. The Morgan fingerprint density at radius 1 is 0.913 bits per heavy atom. The second-order valence-electron chi connectivity index (χ2n) is 5.05. The lowest BCUT2D eigenvalue weighted by Gasteiger charge is -2.23. The van der Waals surface area contributed by atoms with Crippen molar-refractivity contribution < 1.29 is 10.2 Å². The quantitative estimate of drug-likeness (QED) is 0.680. The molecule has 2 rings (SSSR count). The predicted octanol–water partition coefficient (Wildman–Crippen LogP) is 1.77. The maximum Gasteiger partial charge on any atom is 0.0991 e. The van der Waals surface area contributed by atoms with Crippen LogP contribution in [0.3, 0.4) is 0 Å². The van der Waals surface area contributed by atoms with Gasteiger partial charge >= 0.3 is 0 Å². The molecule has 23 heavy (non-hydrogen) atoms. The summed E-state index contributed by atoms with van der Waals surface area (Å²) in [5.74, 6) is 0. The molecule has 0 aliphatic heterocycles. The number of aliphatic hydroxyl groups is 2. The largest absolute Gasteiger partial charge is 0.395 e. The van der Waals surface area contributed by atoms with Crippen LogP contribution < -0.4 is 4.90 Å². The molecular weight excluding hydrogens is 290 g/mol. The van der Waals surface area contributed by atoms with Crippen LogP contribution in [0.25, 0.3) is 0 Å². The van der Waals surface area contributed by atoms with Gasteiger partial charge in [-0.15, -0.1) is 0 Å². The molecule has 0 saturated carbocycles. The first kappa shape index (κ1) is 16.7. The fraction of sp³-hybridized carbons (Fsp3) is 0.222. The Hall–Kier alpha value is -2.68. The minimum Gasteiger partial charge on any atom is -0.395 e. The van der Waals surface area contributed by atoms with Gasteiger partial charge in [-0.05, 0) is 24.3 Å². The highest BCUT2D eigenvalue weighted by molar-refractivity contribution is 6.11. The Labute approximate surface area is 135 Å². The van der Waals surface area contributed by atoms with E-state index >= 15 is 0 Å². The van der Waals surface area contributed by atoms with E-state index in [1.807, 2.05) is 29.2 Å². The van der Waals surface area contributed by atoms with Gasteiger partial charge in [-0.3, -0.25) is 5.41 Å². The molecule has 0 radical (unpaired) electrons. The van der Waals surface area contributed by atoms with Gasteiger partial charge in [-0.1, -0.05) is 24.3 Å². The van der Waals surface area contributed by atoms with Crippen LogP contribution >= 0.6 is 0 Å². The molecule has 0 amide bonds. The lowest BCUT2D eigenvalue weighted by atomic mass is 10.0. The average Bonchev–Trinajstić information content (AvgIpc) is 2.61. The number of nitrogens with one attached hydrogen (secondary N) is 1. The number of anilines is 1. The minimum absolute atomic E-state index is 0.0167. The van der Waals surface area contributed by atoms with Crippen LogP contribution in [0.2, 0.25) is 0 Å². The number of nitrogens with zero attached hydrogens (tertiary/aromatic N) is 2. The fourth-order valence-electron chi connectivity index (χ4n) is 2.33. The topological polar surface area (TPSA) is 91.3 Å². The molecule has 0 bridgehead atoms. The van der Waals surface area contributed by atoms with Crippen molar-refractivity contribution in [3.05, 3.63) is 65.2 Å². The highest BCUT2D eigenvalue weighted by Gasteiger charge is 2.08. The number of nitriles is 1. The number of benzene rings is 2. The van der Waals surface area contributed by atoms with Crippen molar-refractivity contribution >= 4 is 11.4 Å². The van der Waals surface area contributed by atoms with Gasteiger partial charge in [0.2, 0.25) is 0 Å².